The molecule has 0 aromatic heterocycles. The van der Waals surface area contributed by atoms with Crippen LogP contribution in [0.15, 0.2) is 54.2 Å². The van der Waals surface area contributed by atoms with Crippen molar-refractivity contribution in [2.45, 2.75) is 26.2 Å². The van der Waals surface area contributed by atoms with E-state index in [1.165, 1.54) is 24.3 Å². The Kier molecular flexibility index (Phi) is 5.75. The Morgan fingerprint density at radius 3 is 2.26 bits per heavy atom. The molecule has 140 valence electrons. The second-order valence-electron chi connectivity index (χ2n) is 7.06. The van der Waals surface area contributed by atoms with Gasteiger partial charge in [-0.15, -0.1) is 0 Å². The molecule has 0 aliphatic carbocycles. The summed E-state index contributed by atoms with van der Waals surface area (Å²) in [6, 6.07) is 12.7. The molecule has 0 saturated carbocycles. The van der Waals surface area contributed by atoms with Crippen LogP contribution in [0.1, 0.15) is 42.3 Å². The summed E-state index contributed by atoms with van der Waals surface area (Å²) in [5.74, 6) is -1.34. The lowest BCUT2D eigenvalue weighted by molar-refractivity contribution is -0.384. The van der Waals surface area contributed by atoms with Gasteiger partial charge in [0.2, 0.25) is 0 Å². The lowest BCUT2D eigenvalue weighted by Gasteiger charge is -2.19. The number of carbonyl (C=O) groups is 2. The molecule has 2 aromatic rings. The summed E-state index contributed by atoms with van der Waals surface area (Å²) in [5, 5.41) is 13.3. The molecule has 0 spiro atoms. The van der Waals surface area contributed by atoms with Crippen molar-refractivity contribution in [2.24, 2.45) is 5.73 Å². The van der Waals surface area contributed by atoms with Crippen molar-refractivity contribution in [3.63, 3.8) is 0 Å². The SMILES string of the molecule is CC(C)(C)c1ccc(C(=O)N/C(=C/c2cccc([N+](=O)[O-])c2)C(N)=O)cc1. The Bertz CT molecular complexity index is 910. The summed E-state index contributed by atoms with van der Waals surface area (Å²) in [6.07, 6.45) is 1.30. The van der Waals surface area contributed by atoms with Crippen LogP contribution < -0.4 is 11.1 Å². The van der Waals surface area contributed by atoms with Crippen LogP contribution in [0.25, 0.3) is 6.08 Å². The van der Waals surface area contributed by atoms with Crippen LogP contribution >= 0.6 is 0 Å². The number of rotatable bonds is 5. The highest BCUT2D eigenvalue weighted by molar-refractivity contribution is 6.04. The lowest BCUT2D eigenvalue weighted by Crippen LogP contribution is -2.31. The van der Waals surface area contributed by atoms with E-state index in [0.717, 1.165) is 5.56 Å². The molecule has 0 aliphatic rings. The van der Waals surface area contributed by atoms with Gasteiger partial charge in [-0.1, -0.05) is 45.0 Å². The summed E-state index contributed by atoms with van der Waals surface area (Å²) in [5.41, 5.74) is 6.82. The average Bonchev–Trinajstić information content (AvgIpc) is 2.60. The van der Waals surface area contributed by atoms with Gasteiger partial charge in [-0.2, -0.15) is 0 Å². The minimum atomic E-state index is -0.846. The maximum absolute atomic E-state index is 12.4. The van der Waals surface area contributed by atoms with E-state index in [1.54, 1.807) is 18.2 Å². The Labute approximate surface area is 157 Å². The monoisotopic (exact) mass is 367 g/mol. The van der Waals surface area contributed by atoms with Crippen molar-refractivity contribution in [2.75, 3.05) is 0 Å². The zero-order chi connectivity index (χ0) is 20.2. The van der Waals surface area contributed by atoms with Gasteiger partial charge in [0.15, 0.2) is 0 Å². The first-order valence-corrected chi connectivity index (χ1v) is 8.26. The number of nitrogens with zero attached hydrogens (tertiary/aromatic N) is 1. The van der Waals surface area contributed by atoms with E-state index in [2.05, 4.69) is 26.1 Å². The number of carbonyl (C=O) groups excluding carboxylic acids is 2. The molecule has 0 fully saturated rings. The molecule has 2 amide bonds. The van der Waals surface area contributed by atoms with E-state index in [1.807, 2.05) is 12.1 Å². The zero-order valence-corrected chi connectivity index (χ0v) is 15.4. The van der Waals surface area contributed by atoms with E-state index in [9.17, 15) is 19.7 Å². The molecule has 0 aliphatic heterocycles. The summed E-state index contributed by atoms with van der Waals surface area (Å²) in [6.45, 7) is 6.19. The van der Waals surface area contributed by atoms with E-state index in [0.29, 0.717) is 11.1 Å². The normalized spacial score (nSPS) is 11.7. The highest BCUT2D eigenvalue weighted by Crippen LogP contribution is 2.22. The maximum atomic E-state index is 12.4. The van der Waals surface area contributed by atoms with Crippen LogP contribution in [0.2, 0.25) is 0 Å². The third-order valence-corrected chi connectivity index (χ3v) is 3.92. The topological polar surface area (TPSA) is 115 Å². The van der Waals surface area contributed by atoms with Crippen LogP contribution in [-0.4, -0.2) is 16.7 Å². The van der Waals surface area contributed by atoms with Gasteiger partial charge in [-0.05, 0) is 34.8 Å². The number of nitro groups is 1. The Balaban J connectivity index is 2.25. The van der Waals surface area contributed by atoms with Crippen LogP contribution in [0.4, 0.5) is 5.69 Å². The molecule has 2 aromatic carbocycles. The zero-order valence-electron chi connectivity index (χ0n) is 15.4. The highest BCUT2D eigenvalue weighted by atomic mass is 16.6. The van der Waals surface area contributed by atoms with Gasteiger partial charge in [0.1, 0.15) is 5.70 Å². The van der Waals surface area contributed by atoms with Crippen LogP contribution in [0.3, 0.4) is 0 Å². The van der Waals surface area contributed by atoms with Crippen molar-refractivity contribution in [3.05, 3.63) is 81.0 Å². The molecule has 2 rings (SSSR count). The minimum absolute atomic E-state index is 0.0463. The fourth-order valence-corrected chi connectivity index (χ4v) is 2.38. The van der Waals surface area contributed by atoms with Crippen LogP contribution in [0, 0.1) is 10.1 Å². The van der Waals surface area contributed by atoms with Gasteiger partial charge < -0.3 is 11.1 Å². The van der Waals surface area contributed by atoms with Gasteiger partial charge in [-0.3, -0.25) is 19.7 Å². The summed E-state index contributed by atoms with van der Waals surface area (Å²) >= 11 is 0. The Morgan fingerprint density at radius 2 is 1.74 bits per heavy atom. The molecule has 3 N–H and O–H groups in total. The average molecular weight is 367 g/mol. The fraction of sp³-hybridized carbons (Fsp3) is 0.200. The lowest BCUT2D eigenvalue weighted by atomic mass is 9.87. The van der Waals surface area contributed by atoms with Crippen molar-refractivity contribution < 1.29 is 14.5 Å². The van der Waals surface area contributed by atoms with E-state index in [-0.39, 0.29) is 16.8 Å². The molecular formula is C20H21N3O4. The van der Waals surface area contributed by atoms with Gasteiger partial charge in [-0.25, -0.2) is 0 Å². The molecule has 0 atom stereocenters. The third kappa shape index (κ3) is 5.24. The van der Waals surface area contributed by atoms with Crippen molar-refractivity contribution >= 4 is 23.6 Å². The standard InChI is InChI=1S/C20H21N3O4/c1-20(2,3)15-9-7-14(8-10-15)19(25)22-17(18(21)24)12-13-5-4-6-16(11-13)23(26)27/h4-12H,1-3H3,(H2,21,24)(H,22,25)/b17-12+. The van der Waals surface area contributed by atoms with Crippen LogP contribution in [-0.2, 0) is 10.2 Å². The Hall–Kier alpha value is -3.48. The van der Waals surface area contributed by atoms with E-state index >= 15 is 0 Å². The number of nitrogens with two attached hydrogens (primary N) is 1. The molecule has 7 nitrogen and oxygen atoms in total. The second kappa shape index (κ2) is 7.82. The van der Waals surface area contributed by atoms with E-state index < -0.39 is 16.7 Å². The number of hydrogen-bond acceptors (Lipinski definition) is 4. The number of benzene rings is 2. The first kappa shape index (κ1) is 19.8. The van der Waals surface area contributed by atoms with Crippen molar-refractivity contribution in [1.82, 2.24) is 5.32 Å². The maximum Gasteiger partial charge on any atom is 0.270 e. The summed E-state index contributed by atoms with van der Waals surface area (Å²) in [7, 11) is 0. The number of non-ortho nitro benzene ring substituents is 1. The molecule has 0 saturated heterocycles. The largest absolute Gasteiger partial charge is 0.364 e. The van der Waals surface area contributed by atoms with Crippen molar-refractivity contribution in [1.29, 1.82) is 0 Å². The van der Waals surface area contributed by atoms with Gasteiger partial charge in [0.05, 0.1) is 4.92 Å². The minimum Gasteiger partial charge on any atom is -0.364 e. The molecule has 0 radical (unpaired) electrons. The number of hydrogen-bond donors (Lipinski definition) is 2. The number of amides is 2. The van der Waals surface area contributed by atoms with Crippen LogP contribution in [0.5, 0.6) is 0 Å². The molecule has 0 bridgehead atoms. The predicted molar refractivity (Wildman–Crippen MR) is 103 cm³/mol. The Morgan fingerprint density at radius 1 is 1.11 bits per heavy atom. The molecule has 0 heterocycles. The van der Waals surface area contributed by atoms with E-state index in [4.69, 9.17) is 5.73 Å². The number of nitro benzene ring substituents is 1. The molecule has 27 heavy (non-hydrogen) atoms. The fourth-order valence-electron chi connectivity index (χ4n) is 2.38. The number of primary amides is 1. The first-order chi connectivity index (χ1) is 12.6. The third-order valence-electron chi connectivity index (χ3n) is 3.92. The highest BCUT2D eigenvalue weighted by Gasteiger charge is 2.16. The van der Waals surface area contributed by atoms with Gasteiger partial charge in [0, 0.05) is 17.7 Å². The number of nitrogens with one attached hydrogen (secondary N) is 1. The van der Waals surface area contributed by atoms with Crippen molar-refractivity contribution in [3.8, 4) is 0 Å². The molecule has 7 heteroatoms. The first-order valence-electron chi connectivity index (χ1n) is 8.26. The smallest absolute Gasteiger partial charge is 0.270 e. The summed E-state index contributed by atoms with van der Waals surface area (Å²) in [4.78, 5) is 34.4. The quantitative estimate of drug-likeness (QED) is 0.480. The predicted octanol–water partition coefficient (Wildman–Crippen LogP) is 3.15. The second-order valence-corrected chi connectivity index (χ2v) is 7.06. The molecule has 0 unspecified atom stereocenters. The molecular weight excluding hydrogens is 346 g/mol. The summed E-state index contributed by atoms with van der Waals surface area (Å²) < 4.78 is 0. The van der Waals surface area contributed by atoms with Gasteiger partial charge in [0.25, 0.3) is 17.5 Å². The van der Waals surface area contributed by atoms with Gasteiger partial charge >= 0.3 is 0 Å².